The summed E-state index contributed by atoms with van der Waals surface area (Å²) in [7, 11) is 0. The molecule has 4 rings (SSSR count). The van der Waals surface area contributed by atoms with E-state index < -0.39 is 5.92 Å². The Hall–Kier alpha value is -3.24. The van der Waals surface area contributed by atoms with Gasteiger partial charge in [0.1, 0.15) is 0 Å². The molecule has 1 amide bonds. The van der Waals surface area contributed by atoms with Gasteiger partial charge in [0.2, 0.25) is 0 Å². The van der Waals surface area contributed by atoms with E-state index in [1.807, 2.05) is 60.7 Å². The minimum atomic E-state index is -0.421. The predicted molar refractivity (Wildman–Crippen MR) is 138 cm³/mol. The summed E-state index contributed by atoms with van der Waals surface area (Å²) in [5.74, 6) is -0.555. The van der Waals surface area contributed by atoms with E-state index in [1.54, 1.807) is 11.3 Å². The second kappa shape index (κ2) is 10.1. The number of carbonyl (C=O) groups is 1. The first-order valence-electron chi connectivity index (χ1n) is 11.5. The molecule has 3 nitrogen and oxygen atoms in total. The van der Waals surface area contributed by atoms with E-state index in [9.17, 15) is 4.79 Å². The lowest BCUT2D eigenvalue weighted by molar-refractivity contribution is -0.118. The first-order valence-corrected chi connectivity index (χ1v) is 12.3. The number of nitrogens with zero attached hydrogens (tertiary/aromatic N) is 2. The van der Waals surface area contributed by atoms with Crippen LogP contribution in [-0.4, -0.2) is 10.5 Å². The molecule has 1 heterocycles. The van der Waals surface area contributed by atoms with Crippen molar-refractivity contribution in [2.75, 3.05) is 0 Å². The molecule has 0 fully saturated rings. The Labute approximate surface area is 200 Å². The van der Waals surface area contributed by atoms with Gasteiger partial charge in [-0.2, -0.15) is 4.99 Å². The molecular weight excluding hydrogens is 424 g/mol. The number of aryl methyl sites for hydroxylation is 3. The molecule has 1 aromatic heterocycles. The third-order valence-corrected chi connectivity index (χ3v) is 7.34. The van der Waals surface area contributed by atoms with Gasteiger partial charge in [-0.3, -0.25) is 4.79 Å². The summed E-state index contributed by atoms with van der Waals surface area (Å²) in [5, 5.41) is 0. The van der Waals surface area contributed by atoms with Crippen LogP contribution in [0.25, 0.3) is 11.3 Å². The molecule has 0 saturated heterocycles. The third kappa shape index (κ3) is 4.76. The number of hydrogen-bond acceptors (Lipinski definition) is 2. The molecule has 4 aromatic rings. The molecule has 0 saturated carbocycles. The molecule has 168 valence electrons. The number of hydrogen-bond donors (Lipinski definition) is 0. The van der Waals surface area contributed by atoms with Gasteiger partial charge in [-0.15, -0.1) is 11.3 Å². The number of amides is 1. The van der Waals surface area contributed by atoms with Crippen LogP contribution in [0.15, 0.2) is 83.9 Å². The van der Waals surface area contributed by atoms with E-state index in [2.05, 4.69) is 50.5 Å². The van der Waals surface area contributed by atoms with Gasteiger partial charge < -0.3 is 4.57 Å². The number of thiazole rings is 1. The van der Waals surface area contributed by atoms with Crippen molar-refractivity contribution in [3.63, 3.8) is 0 Å². The summed E-state index contributed by atoms with van der Waals surface area (Å²) >= 11 is 1.63. The van der Waals surface area contributed by atoms with Crippen LogP contribution in [0.5, 0.6) is 0 Å². The minimum absolute atomic E-state index is 0.134. The minimum Gasteiger partial charge on any atom is -0.316 e. The molecule has 0 bridgehead atoms. The van der Waals surface area contributed by atoms with E-state index in [0.29, 0.717) is 0 Å². The first-order chi connectivity index (χ1) is 16.0. The van der Waals surface area contributed by atoms with E-state index in [1.165, 1.54) is 27.3 Å². The van der Waals surface area contributed by atoms with Gasteiger partial charge in [-0.1, -0.05) is 79.7 Å². The zero-order chi connectivity index (χ0) is 23.4. The molecule has 0 spiro atoms. The van der Waals surface area contributed by atoms with Crippen molar-refractivity contribution in [2.24, 2.45) is 4.99 Å². The maximum Gasteiger partial charge on any atom is 0.260 e. The Morgan fingerprint density at radius 1 is 0.879 bits per heavy atom. The predicted octanol–water partition coefficient (Wildman–Crippen LogP) is 6.68. The summed E-state index contributed by atoms with van der Waals surface area (Å²) in [6.45, 7) is 9.32. The summed E-state index contributed by atoms with van der Waals surface area (Å²) in [4.78, 5) is 20.4. The van der Waals surface area contributed by atoms with Crippen LogP contribution < -0.4 is 4.80 Å². The average molecular weight is 455 g/mol. The lowest BCUT2D eigenvalue weighted by atomic mass is 9.91. The number of benzene rings is 3. The second-order valence-corrected chi connectivity index (χ2v) is 9.32. The number of aromatic nitrogens is 1. The van der Waals surface area contributed by atoms with Crippen LogP contribution >= 0.6 is 11.3 Å². The van der Waals surface area contributed by atoms with Crippen LogP contribution in [0.1, 0.15) is 46.9 Å². The van der Waals surface area contributed by atoms with Crippen molar-refractivity contribution < 1.29 is 4.79 Å². The lowest BCUT2D eigenvalue weighted by Gasteiger charge is -2.14. The fraction of sp³-hybridized carbons (Fsp3) is 0.241. The van der Waals surface area contributed by atoms with Crippen LogP contribution in [0, 0.1) is 13.8 Å². The highest BCUT2D eigenvalue weighted by Crippen LogP contribution is 2.29. The molecule has 0 aliphatic rings. The van der Waals surface area contributed by atoms with Gasteiger partial charge in [0.05, 0.1) is 11.6 Å². The van der Waals surface area contributed by atoms with Crippen molar-refractivity contribution >= 4 is 17.2 Å². The molecule has 0 aliphatic heterocycles. The van der Waals surface area contributed by atoms with E-state index in [-0.39, 0.29) is 5.91 Å². The highest BCUT2D eigenvalue weighted by atomic mass is 32.1. The molecule has 0 N–H and O–H groups in total. The number of carbonyl (C=O) groups excluding carboxylic acids is 1. The van der Waals surface area contributed by atoms with Gasteiger partial charge in [0.15, 0.2) is 4.80 Å². The molecule has 0 atom stereocenters. The van der Waals surface area contributed by atoms with Gasteiger partial charge in [0, 0.05) is 11.4 Å². The average Bonchev–Trinajstić information content (AvgIpc) is 3.19. The smallest absolute Gasteiger partial charge is 0.260 e. The molecule has 0 aliphatic carbocycles. The van der Waals surface area contributed by atoms with E-state index in [0.717, 1.165) is 28.9 Å². The Morgan fingerprint density at radius 2 is 1.48 bits per heavy atom. The zero-order valence-electron chi connectivity index (χ0n) is 19.7. The van der Waals surface area contributed by atoms with Gasteiger partial charge in [0.25, 0.3) is 5.91 Å². The van der Waals surface area contributed by atoms with Crippen molar-refractivity contribution in [3.05, 3.63) is 111 Å². The third-order valence-electron chi connectivity index (χ3n) is 6.12. The van der Waals surface area contributed by atoms with E-state index in [4.69, 9.17) is 4.99 Å². The molecule has 3 aromatic carbocycles. The molecule has 0 radical (unpaired) electrons. The fourth-order valence-corrected chi connectivity index (χ4v) is 5.36. The maximum atomic E-state index is 13.7. The van der Waals surface area contributed by atoms with Crippen LogP contribution in [0.3, 0.4) is 0 Å². The fourth-order valence-electron chi connectivity index (χ4n) is 4.21. The van der Waals surface area contributed by atoms with Crippen molar-refractivity contribution in [3.8, 4) is 11.3 Å². The van der Waals surface area contributed by atoms with E-state index >= 15 is 0 Å². The van der Waals surface area contributed by atoms with Crippen LogP contribution in [0.2, 0.25) is 0 Å². The SMILES string of the molecule is CCc1sc(=NC(=O)C(c2ccccc2)c2ccccc2)n(CC)c1-c1ccc(C)c(C)c1. The second-order valence-electron chi connectivity index (χ2n) is 8.26. The van der Waals surface area contributed by atoms with Gasteiger partial charge >= 0.3 is 0 Å². The maximum absolute atomic E-state index is 13.7. The van der Waals surface area contributed by atoms with Crippen LogP contribution in [0.4, 0.5) is 0 Å². The summed E-state index contributed by atoms with van der Waals surface area (Å²) in [6.07, 6.45) is 0.900. The first kappa shape index (κ1) is 22.9. The standard InChI is InChI=1S/C29H30N2OS/c1-5-25-27(24-18-17-20(3)21(4)19-24)31(6-2)29(33-25)30-28(32)26(22-13-9-7-10-14-22)23-15-11-8-12-16-23/h7-19,26H,5-6H2,1-4H3. The molecule has 0 unspecified atom stereocenters. The Bertz CT molecular complexity index is 1280. The highest BCUT2D eigenvalue weighted by Gasteiger charge is 2.23. The van der Waals surface area contributed by atoms with Crippen molar-refractivity contribution in [1.82, 2.24) is 4.57 Å². The van der Waals surface area contributed by atoms with Crippen molar-refractivity contribution in [2.45, 2.75) is 46.6 Å². The van der Waals surface area contributed by atoms with Crippen molar-refractivity contribution in [1.29, 1.82) is 0 Å². The summed E-state index contributed by atoms with van der Waals surface area (Å²) in [6, 6.07) is 26.5. The quantitative estimate of drug-likeness (QED) is 0.320. The van der Waals surface area contributed by atoms with Gasteiger partial charge in [-0.05, 0) is 61.1 Å². The monoisotopic (exact) mass is 454 g/mol. The normalized spacial score (nSPS) is 11.8. The molecular formula is C29H30N2OS. The summed E-state index contributed by atoms with van der Waals surface area (Å²) < 4.78 is 2.19. The Balaban J connectivity index is 1.86. The zero-order valence-corrected chi connectivity index (χ0v) is 20.5. The largest absolute Gasteiger partial charge is 0.316 e. The van der Waals surface area contributed by atoms with Crippen LogP contribution in [-0.2, 0) is 17.8 Å². The molecule has 33 heavy (non-hydrogen) atoms. The van der Waals surface area contributed by atoms with Gasteiger partial charge in [-0.25, -0.2) is 0 Å². The highest BCUT2D eigenvalue weighted by molar-refractivity contribution is 7.09. The Morgan fingerprint density at radius 3 is 2.00 bits per heavy atom. The lowest BCUT2D eigenvalue weighted by Crippen LogP contribution is -2.20. The topological polar surface area (TPSA) is 34.4 Å². The molecule has 4 heteroatoms. The number of rotatable bonds is 6. The Kier molecular flexibility index (Phi) is 7.05. The summed E-state index contributed by atoms with van der Waals surface area (Å²) in [5.41, 5.74) is 6.83.